The molecule has 1 rings (SSSR count). The molecular weight excluding hydrogens is 280 g/mol. The number of nitrogens with one attached hydrogen (secondary N) is 1. The van der Waals surface area contributed by atoms with Crippen molar-refractivity contribution in [3.63, 3.8) is 0 Å². The smallest absolute Gasteiger partial charge is 0.253 e. The minimum absolute atomic E-state index is 0. The number of carbonyl (C=O) groups excluding carboxylic acids is 1. The van der Waals surface area contributed by atoms with Crippen LogP contribution in [0.3, 0.4) is 0 Å². The summed E-state index contributed by atoms with van der Waals surface area (Å²) in [5, 5.41) is 2.79. The highest BCUT2D eigenvalue weighted by atomic mass is 35.5. The van der Waals surface area contributed by atoms with Crippen LogP contribution in [0.15, 0.2) is 24.3 Å². The highest BCUT2D eigenvalue weighted by molar-refractivity contribution is 5.93. The fraction of sp³-hybridized carbons (Fsp3) is 0.500. The number of hydrogen-bond donors (Lipinski definition) is 2. The molecule has 1 aromatic carbocycles. The van der Waals surface area contributed by atoms with Crippen LogP contribution in [0.1, 0.15) is 19.4 Å². The quantitative estimate of drug-likeness (QED) is 0.720. The summed E-state index contributed by atoms with van der Waals surface area (Å²) in [7, 11) is 0. The summed E-state index contributed by atoms with van der Waals surface area (Å²) in [4.78, 5) is 11.8. The maximum atomic E-state index is 11.8. The van der Waals surface area contributed by atoms with Gasteiger partial charge in [0.2, 0.25) is 0 Å². The molecule has 0 heterocycles. The molecule has 0 aliphatic rings. The minimum atomic E-state index is -0.505. The number of benzene rings is 1. The molecule has 0 aromatic heterocycles. The van der Waals surface area contributed by atoms with E-state index >= 15 is 0 Å². The zero-order valence-corrected chi connectivity index (χ0v) is 12.7. The zero-order chi connectivity index (χ0) is 14.1. The molecule has 0 spiro atoms. The molecule has 0 bridgehead atoms. The van der Waals surface area contributed by atoms with E-state index in [4.69, 9.17) is 15.2 Å². The van der Waals surface area contributed by atoms with E-state index in [9.17, 15) is 4.79 Å². The Balaban J connectivity index is 0.00000361. The SMILES string of the molecule is CCOCCOC(C)C(=O)Nc1ccc(CN)cc1.Cl. The molecule has 1 atom stereocenters. The highest BCUT2D eigenvalue weighted by Gasteiger charge is 2.13. The van der Waals surface area contributed by atoms with Gasteiger partial charge in [-0.15, -0.1) is 12.4 Å². The molecule has 0 fully saturated rings. The van der Waals surface area contributed by atoms with E-state index in [0.29, 0.717) is 26.4 Å². The summed E-state index contributed by atoms with van der Waals surface area (Å²) in [5.74, 6) is -0.169. The van der Waals surface area contributed by atoms with Gasteiger partial charge in [-0.1, -0.05) is 12.1 Å². The first-order valence-electron chi connectivity index (χ1n) is 6.46. The van der Waals surface area contributed by atoms with E-state index in [1.54, 1.807) is 6.92 Å². The second-order valence-corrected chi connectivity index (χ2v) is 4.10. The van der Waals surface area contributed by atoms with E-state index in [1.165, 1.54) is 0 Å². The van der Waals surface area contributed by atoms with E-state index < -0.39 is 6.10 Å². The summed E-state index contributed by atoms with van der Waals surface area (Å²) in [6, 6.07) is 7.42. The van der Waals surface area contributed by atoms with Gasteiger partial charge in [0.25, 0.3) is 5.91 Å². The normalized spacial score (nSPS) is 11.6. The number of rotatable bonds is 8. The van der Waals surface area contributed by atoms with E-state index in [0.717, 1.165) is 11.3 Å². The summed E-state index contributed by atoms with van der Waals surface area (Å²) in [6.07, 6.45) is -0.505. The van der Waals surface area contributed by atoms with Gasteiger partial charge in [-0.25, -0.2) is 0 Å². The van der Waals surface area contributed by atoms with Gasteiger partial charge >= 0.3 is 0 Å². The van der Waals surface area contributed by atoms with Crippen LogP contribution < -0.4 is 11.1 Å². The van der Waals surface area contributed by atoms with Crippen molar-refractivity contribution in [2.45, 2.75) is 26.5 Å². The van der Waals surface area contributed by atoms with Gasteiger partial charge < -0.3 is 20.5 Å². The van der Waals surface area contributed by atoms with Gasteiger partial charge in [-0.05, 0) is 31.5 Å². The Morgan fingerprint density at radius 1 is 1.30 bits per heavy atom. The van der Waals surface area contributed by atoms with Gasteiger partial charge in [0.1, 0.15) is 6.10 Å². The number of halogens is 1. The Kier molecular flexibility index (Phi) is 10.0. The predicted octanol–water partition coefficient (Wildman–Crippen LogP) is 1.95. The van der Waals surface area contributed by atoms with Gasteiger partial charge in [-0.3, -0.25) is 4.79 Å². The minimum Gasteiger partial charge on any atom is -0.379 e. The van der Waals surface area contributed by atoms with Crippen LogP contribution in [0.4, 0.5) is 5.69 Å². The maximum Gasteiger partial charge on any atom is 0.253 e. The molecule has 0 aliphatic carbocycles. The lowest BCUT2D eigenvalue weighted by Crippen LogP contribution is -2.28. The van der Waals surface area contributed by atoms with Gasteiger partial charge in [0.15, 0.2) is 0 Å². The molecule has 1 aromatic rings. The Labute approximate surface area is 126 Å². The van der Waals surface area contributed by atoms with Gasteiger partial charge in [0, 0.05) is 18.8 Å². The molecule has 3 N–H and O–H groups in total. The molecule has 1 unspecified atom stereocenters. The zero-order valence-electron chi connectivity index (χ0n) is 11.9. The Hall–Kier alpha value is -1.14. The molecule has 0 saturated carbocycles. The second kappa shape index (κ2) is 10.6. The lowest BCUT2D eigenvalue weighted by molar-refractivity contribution is -0.127. The van der Waals surface area contributed by atoms with Gasteiger partial charge in [0.05, 0.1) is 13.2 Å². The molecule has 0 radical (unpaired) electrons. The summed E-state index contributed by atoms with van der Waals surface area (Å²) < 4.78 is 10.5. The number of hydrogen-bond acceptors (Lipinski definition) is 4. The molecule has 114 valence electrons. The van der Waals surface area contributed by atoms with Crippen LogP contribution in [0.2, 0.25) is 0 Å². The standard InChI is InChI=1S/C14H22N2O3.ClH/c1-3-18-8-9-19-11(2)14(17)16-13-6-4-12(10-15)5-7-13;/h4-7,11H,3,8-10,15H2,1-2H3,(H,16,17);1H. The van der Waals surface area contributed by atoms with Crippen LogP contribution >= 0.6 is 12.4 Å². The van der Waals surface area contributed by atoms with Crippen molar-refractivity contribution in [1.29, 1.82) is 0 Å². The maximum absolute atomic E-state index is 11.8. The average molecular weight is 303 g/mol. The number of ether oxygens (including phenoxy) is 2. The molecular formula is C14H23ClN2O3. The van der Waals surface area contributed by atoms with Crippen molar-refractivity contribution in [3.05, 3.63) is 29.8 Å². The van der Waals surface area contributed by atoms with Crippen LogP contribution in [0.25, 0.3) is 0 Å². The lowest BCUT2D eigenvalue weighted by Gasteiger charge is -2.13. The molecule has 5 nitrogen and oxygen atoms in total. The largest absolute Gasteiger partial charge is 0.379 e. The Morgan fingerprint density at radius 2 is 1.95 bits per heavy atom. The van der Waals surface area contributed by atoms with Crippen LogP contribution in [0, 0.1) is 0 Å². The average Bonchev–Trinajstić information content (AvgIpc) is 2.44. The van der Waals surface area contributed by atoms with E-state index in [-0.39, 0.29) is 18.3 Å². The molecule has 0 aliphatic heterocycles. The number of amides is 1. The first-order valence-corrected chi connectivity index (χ1v) is 6.46. The number of anilines is 1. The van der Waals surface area contributed by atoms with Crippen LogP contribution in [-0.2, 0) is 20.8 Å². The summed E-state index contributed by atoms with van der Waals surface area (Å²) in [5.41, 5.74) is 7.27. The van der Waals surface area contributed by atoms with Gasteiger partial charge in [-0.2, -0.15) is 0 Å². The fourth-order valence-corrected chi connectivity index (χ4v) is 1.47. The third-order valence-corrected chi connectivity index (χ3v) is 2.63. The Bertz CT molecular complexity index is 385. The monoisotopic (exact) mass is 302 g/mol. The van der Waals surface area contributed by atoms with Crippen molar-refractivity contribution in [2.75, 3.05) is 25.1 Å². The van der Waals surface area contributed by atoms with Crippen molar-refractivity contribution >= 4 is 24.0 Å². The second-order valence-electron chi connectivity index (χ2n) is 4.10. The lowest BCUT2D eigenvalue weighted by atomic mass is 10.2. The van der Waals surface area contributed by atoms with Crippen molar-refractivity contribution < 1.29 is 14.3 Å². The third-order valence-electron chi connectivity index (χ3n) is 2.63. The molecule has 20 heavy (non-hydrogen) atoms. The molecule has 1 amide bonds. The molecule has 6 heteroatoms. The third kappa shape index (κ3) is 6.86. The fourth-order valence-electron chi connectivity index (χ4n) is 1.47. The Morgan fingerprint density at radius 3 is 2.50 bits per heavy atom. The van der Waals surface area contributed by atoms with Crippen molar-refractivity contribution in [1.82, 2.24) is 0 Å². The highest BCUT2D eigenvalue weighted by Crippen LogP contribution is 2.10. The summed E-state index contributed by atoms with van der Waals surface area (Å²) in [6.45, 7) is 5.69. The summed E-state index contributed by atoms with van der Waals surface area (Å²) >= 11 is 0. The van der Waals surface area contributed by atoms with Crippen molar-refractivity contribution in [3.8, 4) is 0 Å². The first-order chi connectivity index (χ1) is 9.17. The van der Waals surface area contributed by atoms with E-state index in [1.807, 2.05) is 31.2 Å². The molecule has 0 saturated heterocycles. The van der Waals surface area contributed by atoms with Crippen LogP contribution in [-0.4, -0.2) is 31.8 Å². The number of nitrogens with two attached hydrogens (primary N) is 1. The van der Waals surface area contributed by atoms with Crippen LogP contribution in [0.5, 0.6) is 0 Å². The topological polar surface area (TPSA) is 73.6 Å². The van der Waals surface area contributed by atoms with Crippen molar-refractivity contribution in [2.24, 2.45) is 5.73 Å². The first kappa shape index (κ1) is 18.9. The van der Waals surface area contributed by atoms with E-state index in [2.05, 4.69) is 5.32 Å². The predicted molar refractivity (Wildman–Crippen MR) is 82.1 cm³/mol. The number of carbonyl (C=O) groups is 1.